The van der Waals surface area contributed by atoms with Crippen LogP contribution in [0.3, 0.4) is 0 Å². The fraction of sp³-hybridized carbons (Fsp3) is 0.355. The molecule has 6 nitrogen and oxygen atoms in total. The van der Waals surface area contributed by atoms with Gasteiger partial charge in [0.1, 0.15) is 30.0 Å². The van der Waals surface area contributed by atoms with Crippen molar-refractivity contribution < 1.29 is 28.8 Å². The van der Waals surface area contributed by atoms with E-state index in [9.17, 15) is 5.11 Å². The van der Waals surface area contributed by atoms with E-state index in [0.717, 1.165) is 16.7 Å². The molecule has 2 aliphatic rings. The molecule has 3 aromatic rings. The van der Waals surface area contributed by atoms with Gasteiger partial charge in [-0.05, 0) is 30.5 Å². The minimum atomic E-state index is -1.01. The number of hydrogen-bond donors (Lipinski definition) is 1. The predicted molar refractivity (Wildman–Crippen MR) is 140 cm³/mol. The Labute approximate surface area is 218 Å². The fourth-order valence-electron chi connectivity index (χ4n) is 5.26. The average Bonchev–Trinajstić information content (AvgIpc) is 3.27. The van der Waals surface area contributed by atoms with Crippen molar-refractivity contribution in [1.82, 2.24) is 0 Å². The first-order valence-corrected chi connectivity index (χ1v) is 12.7. The SMILES string of the molecule is C=CCO[C@@H]1O[C@H](COC(c2ccccc2)(c2ccccc2)c2ccccc2)[C@@H]2OC(C)(C)O[C@@H]2[C@H]1O. The van der Waals surface area contributed by atoms with Crippen LogP contribution in [0.1, 0.15) is 30.5 Å². The lowest BCUT2D eigenvalue weighted by molar-refractivity contribution is -0.284. The summed E-state index contributed by atoms with van der Waals surface area (Å²) in [5, 5.41) is 10.9. The van der Waals surface area contributed by atoms with Crippen LogP contribution < -0.4 is 0 Å². The molecule has 0 bridgehead atoms. The second-order valence-corrected chi connectivity index (χ2v) is 9.81. The highest BCUT2D eigenvalue weighted by Gasteiger charge is 2.55. The van der Waals surface area contributed by atoms with Crippen molar-refractivity contribution in [1.29, 1.82) is 0 Å². The Balaban J connectivity index is 1.54. The highest BCUT2D eigenvalue weighted by Crippen LogP contribution is 2.43. The lowest BCUT2D eigenvalue weighted by Crippen LogP contribution is -2.58. The van der Waals surface area contributed by atoms with Gasteiger partial charge in [-0.25, -0.2) is 0 Å². The van der Waals surface area contributed by atoms with E-state index in [1.807, 2.05) is 68.4 Å². The van der Waals surface area contributed by atoms with Crippen LogP contribution in [0, 0.1) is 0 Å². The summed E-state index contributed by atoms with van der Waals surface area (Å²) in [5.41, 5.74) is 2.06. The Morgan fingerprint density at radius 3 is 1.81 bits per heavy atom. The molecule has 0 aliphatic carbocycles. The van der Waals surface area contributed by atoms with Crippen molar-refractivity contribution in [3.05, 3.63) is 120 Å². The molecule has 0 radical (unpaired) electrons. The number of ether oxygens (including phenoxy) is 5. The van der Waals surface area contributed by atoms with E-state index < -0.39 is 42.1 Å². The van der Waals surface area contributed by atoms with E-state index >= 15 is 0 Å². The van der Waals surface area contributed by atoms with Crippen LogP contribution in [0.25, 0.3) is 0 Å². The number of hydrogen-bond acceptors (Lipinski definition) is 6. The molecule has 1 N–H and O–H groups in total. The van der Waals surface area contributed by atoms with Crippen molar-refractivity contribution in [3.63, 3.8) is 0 Å². The minimum Gasteiger partial charge on any atom is -0.385 e. The molecule has 5 rings (SSSR count). The minimum absolute atomic E-state index is 0.167. The summed E-state index contributed by atoms with van der Waals surface area (Å²) in [4.78, 5) is 0. The van der Waals surface area contributed by atoms with Crippen molar-refractivity contribution >= 4 is 0 Å². The van der Waals surface area contributed by atoms with Crippen LogP contribution in [0.4, 0.5) is 0 Å². The Kier molecular flexibility index (Phi) is 7.58. The lowest BCUT2D eigenvalue weighted by Gasteiger charge is -2.42. The number of benzene rings is 3. The molecule has 0 saturated carbocycles. The smallest absolute Gasteiger partial charge is 0.187 e. The number of rotatable bonds is 9. The van der Waals surface area contributed by atoms with Gasteiger partial charge in [-0.1, -0.05) is 97.1 Å². The van der Waals surface area contributed by atoms with Crippen LogP contribution in [0.2, 0.25) is 0 Å². The molecule has 2 saturated heterocycles. The Bertz CT molecular complexity index is 1050. The van der Waals surface area contributed by atoms with Gasteiger partial charge in [-0.2, -0.15) is 0 Å². The first-order valence-electron chi connectivity index (χ1n) is 12.7. The molecule has 0 unspecified atom stereocenters. The van der Waals surface area contributed by atoms with Gasteiger partial charge in [0.05, 0.1) is 13.2 Å². The van der Waals surface area contributed by atoms with Gasteiger partial charge < -0.3 is 28.8 Å². The van der Waals surface area contributed by atoms with Crippen molar-refractivity contribution in [2.45, 2.75) is 55.9 Å². The highest BCUT2D eigenvalue weighted by molar-refractivity contribution is 5.47. The van der Waals surface area contributed by atoms with Crippen molar-refractivity contribution in [3.8, 4) is 0 Å². The fourth-order valence-corrected chi connectivity index (χ4v) is 5.26. The monoisotopic (exact) mass is 502 g/mol. The molecule has 0 aromatic heterocycles. The number of aliphatic hydroxyl groups is 1. The highest BCUT2D eigenvalue weighted by atomic mass is 16.8. The van der Waals surface area contributed by atoms with E-state index in [4.69, 9.17) is 23.7 Å². The molecule has 6 heteroatoms. The van der Waals surface area contributed by atoms with Crippen LogP contribution in [-0.2, 0) is 29.3 Å². The van der Waals surface area contributed by atoms with Gasteiger partial charge in [0.25, 0.3) is 0 Å². The summed E-state index contributed by atoms with van der Waals surface area (Å²) in [7, 11) is 0. The summed E-state index contributed by atoms with van der Waals surface area (Å²) in [6.45, 7) is 7.77. The summed E-state index contributed by atoms with van der Waals surface area (Å²) in [5.74, 6) is -0.874. The summed E-state index contributed by atoms with van der Waals surface area (Å²) < 4.78 is 31.3. The summed E-state index contributed by atoms with van der Waals surface area (Å²) >= 11 is 0. The van der Waals surface area contributed by atoms with Gasteiger partial charge in [-0.15, -0.1) is 6.58 Å². The normalized spacial score (nSPS) is 26.9. The van der Waals surface area contributed by atoms with Crippen molar-refractivity contribution in [2.24, 2.45) is 0 Å². The second-order valence-electron chi connectivity index (χ2n) is 9.81. The van der Waals surface area contributed by atoms with Crippen LogP contribution in [-0.4, -0.2) is 54.8 Å². The first-order chi connectivity index (χ1) is 17.9. The Morgan fingerprint density at radius 1 is 0.838 bits per heavy atom. The molecule has 37 heavy (non-hydrogen) atoms. The van der Waals surface area contributed by atoms with Crippen LogP contribution >= 0.6 is 0 Å². The molecule has 2 fully saturated rings. The maximum absolute atomic E-state index is 10.9. The van der Waals surface area contributed by atoms with Gasteiger partial charge in [0, 0.05) is 0 Å². The maximum Gasteiger partial charge on any atom is 0.187 e. The molecular weight excluding hydrogens is 468 g/mol. The molecule has 5 atom stereocenters. The van der Waals surface area contributed by atoms with Gasteiger partial charge in [0.2, 0.25) is 0 Å². The zero-order valence-corrected chi connectivity index (χ0v) is 21.2. The Hall–Kier alpha value is -2.84. The van der Waals surface area contributed by atoms with Crippen LogP contribution in [0.15, 0.2) is 104 Å². The summed E-state index contributed by atoms with van der Waals surface area (Å²) in [6.07, 6.45) is -2.00. The van der Waals surface area contributed by atoms with Gasteiger partial charge in [-0.3, -0.25) is 0 Å². The third kappa shape index (κ3) is 5.14. The summed E-state index contributed by atoms with van der Waals surface area (Å²) in [6, 6.07) is 30.5. The third-order valence-electron chi connectivity index (χ3n) is 6.84. The predicted octanol–water partition coefficient (Wildman–Crippen LogP) is 4.80. The average molecular weight is 503 g/mol. The zero-order valence-electron chi connectivity index (χ0n) is 21.2. The quantitative estimate of drug-likeness (QED) is 0.335. The molecule has 0 amide bonds. The molecule has 2 heterocycles. The van der Waals surface area contributed by atoms with E-state index in [2.05, 4.69) is 43.0 Å². The first kappa shape index (κ1) is 25.8. The third-order valence-corrected chi connectivity index (χ3v) is 6.84. The molecule has 194 valence electrons. The zero-order chi connectivity index (χ0) is 25.9. The van der Waals surface area contributed by atoms with Crippen LogP contribution in [0.5, 0.6) is 0 Å². The molecule has 0 spiro atoms. The molecule has 2 aliphatic heterocycles. The lowest BCUT2D eigenvalue weighted by atomic mass is 9.80. The topological polar surface area (TPSA) is 66.4 Å². The van der Waals surface area contributed by atoms with Gasteiger partial charge in [0.15, 0.2) is 12.1 Å². The van der Waals surface area contributed by atoms with E-state index in [1.54, 1.807) is 6.08 Å². The van der Waals surface area contributed by atoms with E-state index in [-0.39, 0.29) is 13.2 Å². The van der Waals surface area contributed by atoms with Crippen molar-refractivity contribution in [2.75, 3.05) is 13.2 Å². The second kappa shape index (κ2) is 10.9. The number of fused-ring (bicyclic) bond motifs is 1. The largest absolute Gasteiger partial charge is 0.385 e. The van der Waals surface area contributed by atoms with E-state index in [0.29, 0.717) is 0 Å². The number of aliphatic hydroxyl groups excluding tert-OH is 1. The molecular formula is C31H34O6. The standard InChI is InChI=1S/C31H34O6/c1-4-20-33-29-26(32)28-27(36-30(2,3)37-28)25(35-29)21-34-31(22-14-8-5-9-15-22,23-16-10-6-11-17-23)24-18-12-7-13-19-24/h4-19,25-29,32H,1,20-21H2,2-3H3/t25-,26-,27+,28-,29-/m1/s1. The van der Waals surface area contributed by atoms with E-state index in [1.165, 1.54) is 0 Å². The Morgan fingerprint density at radius 2 is 1.32 bits per heavy atom. The molecule has 3 aromatic carbocycles. The maximum atomic E-state index is 10.9. The van der Waals surface area contributed by atoms with Gasteiger partial charge >= 0.3 is 0 Å².